The number of fused-ring (bicyclic) bond motifs is 1. The molecule has 0 bridgehead atoms. The largest absolute Gasteiger partial charge is 0.507 e. The molecule has 0 unspecified atom stereocenters. The maximum Gasteiger partial charge on any atom is 0.213 e. The Hall–Kier alpha value is -2.54. The van der Waals surface area contributed by atoms with Crippen LogP contribution in [0.3, 0.4) is 0 Å². The number of Topliss-reactive ketones (excluding diaryl/α,β-unsaturated/α-hetero) is 1. The number of phenols is 1. The van der Waals surface area contributed by atoms with Crippen LogP contribution in [0, 0.1) is 11.8 Å². The van der Waals surface area contributed by atoms with E-state index in [1.165, 1.54) is 24.3 Å². The fourth-order valence-electron chi connectivity index (χ4n) is 1.75. The number of carbonyl (C=O) groups is 2. The molecule has 18 heavy (non-hydrogen) atoms. The van der Waals surface area contributed by atoms with Gasteiger partial charge in [-0.2, -0.15) is 0 Å². The molecular weight excluding hydrogens is 230 g/mol. The molecule has 0 aromatic heterocycles. The Morgan fingerprint density at radius 3 is 2.83 bits per heavy atom. The van der Waals surface area contributed by atoms with Gasteiger partial charge < -0.3 is 10.4 Å². The topological polar surface area (TPSA) is 66.4 Å². The van der Waals surface area contributed by atoms with E-state index in [0.717, 1.165) is 0 Å². The van der Waals surface area contributed by atoms with E-state index in [1.54, 1.807) is 6.92 Å². The smallest absolute Gasteiger partial charge is 0.213 e. The summed E-state index contributed by atoms with van der Waals surface area (Å²) in [5.41, 5.74) is 0.445. The standard InChI is InChI=1S/C14H11NO3/c1-2-3-7-15-10-8-12(17)9-5-4-6-11(16)13(9)14(10)18/h4-6,8,15-16H,7H2,1H3. The Balaban J connectivity index is 2.38. The second-order valence-electron chi connectivity index (χ2n) is 3.73. The van der Waals surface area contributed by atoms with Crippen molar-refractivity contribution in [3.63, 3.8) is 0 Å². The average Bonchev–Trinajstić information content (AvgIpc) is 2.35. The summed E-state index contributed by atoms with van der Waals surface area (Å²) >= 11 is 0. The molecule has 0 amide bonds. The zero-order valence-electron chi connectivity index (χ0n) is 9.78. The molecule has 0 heterocycles. The summed E-state index contributed by atoms with van der Waals surface area (Å²) in [5, 5.41) is 12.5. The lowest BCUT2D eigenvalue weighted by molar-refractivity contribution is 0.0976. The summed E-state index contributed by atoms with van der Waals surface area (Å²) in [6.07, 6.45) is 1.24. The number of nitrogens with one attached hydrogen (secondary N) is 1. The normalized spacial score (nSPS) is 13.3. The van der Waals surface area contributed by atoms with Crippen molar-refractivity contribution in [3.05, 3.63) is 41.1 Å². The van der Waals surface area contributed by atoms with Gasteiger partial charge in [-0.1, -0.05) is 18.1 Å². The van der Waals surface area contributed by atoms with E-state index in [2.05, 4.69) is 17.2 Å². The Morgan fingerprint density at radius 1 is 1.33 bits per heavy atom. The number of hydrogen-bond acceptors (Lipinski definition) is 4. The summed E-state index contributed by atoms with van der Waals surface area (Å²) in [6.45, 7) is 1.97. The molecule has 1 aliphatic carbocycles. The van der Waals surface area contributed by atoms with Crippen molar-refractivity contribution in [2.45, 2.75) is 6.92 Å². The number of hydrogen-bond donors (Lipinski definition) is 2. The predicted molar refractivity (Wildman–Crippen MR) is 66.3 cm³/mol. The van der Waals surface area contributed by atoms with Gasteiger partial charge in [0.25, 0.3) is 0 Å². The van der Waals surface area contributed by atoms with E-state index >= 15 is 0 Å². The minimum atomic E-state index is -0.388. The second-order valence-corrected chi connectivity index (χ2v) is 3.73. The Kier molecular flexibility index (Phi) is 3.16. The first-order valence-corrected chi connectivity index (χ1v) is 5.41. The maximum atomic E-state index is 12.1. The van der Waals surface area contributed by atoms with Crippen molar-refractivity contribution in [3.8, 4) is 17.6 Å². The molecular formula is C14H11NO3. The number of phenolic OH excluding ortho intramolecular Hbond substituents is 1. The third-order valence-corrected chi connectivity index (χ3v) is 2.60. The molecule has 4 heteroatoms. The van der Waals surface area contributed by atoms with Crippen molar-refractivity contribution in [2.75, 3.05) is 6.54 Å². The van der Waals surface area contributed by atoms with Gasteiger partial charge in [-0.05, 0) is 13.0 Å². The van der Waals surface area contributed by atoms with Gasteiger partial charge in [0.1, 0.15) is 5.75 Å². The lowest BCUT2D eigenvalue weighted by Gasteiger charge is -2.16. The highest BCUT2D eigenvalue weighted by Gasteiger charge is 2.27. The fraction of sp³-hybridized carbons (Fsp3) is 0.143. The van der Waals surface area contributed by atoms with Crippen LogP contribution in [0.1, 0.15) is 27.6 Å². The summed E-state index contributed by atoms with van der Waals surface area (Å²) in [6, 6.07) is 4.45. The molecule has 0 spiro atoms. The van der Waals surface area contributed by atoms with Crippen LogP contribution in [0.4, 0.5) is 0 Å². The van der Waals surface area contributed by atoms with Gasteiger partial charge in [0.2, 0.25) is 5.78 Å². The van der Waals surface area contributed by atoms with E-state index in [1.807, 2.05) is 0 Å². The molecule has 0 atom stereocenters. The summed E-state index contributed by atoms with van der Waals surface area (Å²) in [5.74, 6) is 4.55. The first-order chi connectivity index (χ1) is 8.65. The van der Waals surface area contributed by atoms with Crippen molar-refractivity contribution in [2.24, 2.45) is 0 Å². The van der Waals surface area contributed by atoms with Gasteiger partial charge in [0, 0.05) is 11.6 Å². The first-order valence-electron chi connectivity index (χ1n) is 5.41. The van der Waals surface area contributed by atoms with E-state index in [9.17, 15) is 14.7 Å². The summed E-state index contributed by atoms with van der Waals surface area (Å²) in [4.78, 5) is 23.9. The molecule has 0 saturated carbocycles. The van der Waals surface area contributed by atoms with Crippen LogP contribution >= 0.6 is 0 Å². The van der Waals surface area contributed by atoms with E-state index in [-0.39, 0.29) is 40.7 Å². The number of aromatic hydroxyl groups is 1. The zero-order valence-corrected chi connectivity index (χ0v) is 9.78. The molecule has 0 radical (unpaired) electrons. The summed E-state index contributed by atoms with van der Waals surface area (Å²) < 4.78 is 0. The van der Waals surface area contributed by atoms with Crippen LogP contribution < -0.4 is 5.32 Å². The van der Waals surface area contributed by atoms with Crippen LogP contribution in [0.2, 0.25) is 0 Å². The fourth-order valence-corrected chi connectivity index (χ4v) is 1.75. The minimum absolute atomic E-state index is 0.0527. The number of allylic oxidation sites excluding steroid dienone is 2. The van der Waals surface area contributed by atoms with Crippen LogP contribution in [0.5, 0.6) is 5.75 Å². The number of ketones is 2. The Bertz CT molecular complexity index is 618. The Morgan fingerprint density at radius 2 is 2.11 bits per heavy atom. The van der Waals surface area contributed by atoms with Crippen LogP contribution in [0.15, 0.2) is 30.0 Å². The second kappa shape index (κ2) is 4.76. The predicted octanol–water partition coefficient (Wildman–Crippen LogP) is 1.27. The molecule has 0 saturated heterocycles. The molecule has 1 aromatic carbocycles. The van der Waals surface area contributed by atoms with E-state index in [0.29, 0.717) is 0 Å². The molecule has 1 aliphatic rings. The van der Waals surface area contributed by atoms with Gasteiger partial charge in [-0.3, -0.25) is 9.59 Å². The number of benzene rings is 1. The minimum Gasteiger partial charge on any atom is -0.507 e. The molecule has 90 valence electrons. The van der Waals surface area contributed by atoms with E-state index < -0.39 is 0 Å². The zero-order chi connectivity index (χ0) is 13.1. The maximum absolute atomic E-state index is 12.1. The van der Waals surface area contributed by atoms with Gasteiger partial charge >= 0.3 is 0 Å². The molecule has 2 N–H and O–H groups in total. The third-order valence-electron chi connectivity index (χ3n) is 2.60. The molecule has 0 fully saturated rings. The average molecular weight is 241 g/mol. The van der Waals surface area contributed by atoms with Gasteiger partial charge in [-0.15, -0.1) is 5.92 Å². The Labute approximate surface area is 104 Å². The van der Waals surface area contributed by atoms with Crippen molar-refractivity contribution in [1.29, 1.82) is 0 Å². The molecule has 0 aliphatic heterocycles. The van der Waals surface area contributed by atoms with Gasteiger partial charge in [-0.25, -0.2) is 0 Å². The lowest BCUT2D eigenvalue weighted by atomic mass is 9.92. The monoisotopic (exact) mass is 241 g/mol. The number of carbonyl (C=O) groups excluding carboxylic acids is 2. The van der Waals surface area contributed by atoms with Crippen molar-refractivity contribution >= 4 is 11.6 Å². The highest BCUT2D eigenvalue weighted by atomic mass is 16.3. The van der Waals surface area contributed by atoms with Gasteiger partial charge in [0.15, 0.2) is 5.78 Å². The third kappa shape index (κ3) is 1.98. The van der Waals surface area contributed by atoms with E-state index in [4.69, 9.17) is 0 Å². The SMILES string of the molecule is CC#CCNC1=CC(=O)c2cccc(O)c2C1=O. The number of rotatable bonds is 2. The van der Waals surface area contributed by atoms with Crippen LogP contribution in [0.25, 0.3) is 0 Å². The van der Waals surface area contributed by atoms with Gasteiger partial charge in [0.05, 0.1) is 17.8 Å². The van der Waals surface area contributed by atoms with Crippen molar-refractivity contribution in [1.82, 2.24) is 5.32 Å². The molecule has 2 rings (SSSR count). The highest BCUT2D eigenvalue weighted by molar-refractivity contribution is 6.25. The highest BCUT2D eigenvalue weighted by Crippen LogP contribution is 2.27. The lowest BCUT2D eigenvalue weighted by Crippen LogP contribution is -2.27. The first kappa shape index (κ1) is 11.9. The molecule has 4 nitrogen and oxygen atoms in total. The molecule has 1 aromatic rings. The van der Waals surface area contributed by atoms with Crippen LogP contribution in [-0.4, -0.2) is 23.2 Å². The quantitative estimate of drug-likeness (QED) is 0.765. The van der Waals surface area contributed by atoms with Crippen LogP contribution in [-0.2, 0) is 0 Å². The summed E-state index contributed by atoms with van der Waals surface area (Å²) in [7, 11) is 0. The van der Waals surface area contributed by atoms with Crippen molar-refractivity contribution < 1.29 is 14.7 Å².